The van der Waals surface area contributed by atoms with Crippen LogP contribution in [0.3, 0.4) is 0 Å². The molecule has 1 aliphatic rings. The van der Waals surface area contributed by atoms with Crippen LogP contribution < -0.4 is 15.1 Å². The number of nitrogens with one attached hydrogen (secondary N) is 1. The summed E-state index contributed by atoms with van der Waals surface area (Å²) in [6.45, 7) is 0. The molecule has 7 heteroatoms. The Morgan fingerprint density at radius 1 is 1.20 bits per heavy atom. The number of carbonyl (C=O) groups is 2. The fourth-order valence-electron chi connectivity index (χ4n) is 2.43. The van der Waals surface area contributed by atoms with E-state index >= 15 is 0 Å². The monoisotopic (exact) mass is 357 g/mol. The largest absolute Gasteiger partial charge is 0.495 e. The van der Waals surface area contributed by atoms with E-state index in [4.69, 9.17) is 16.3 Å². The molecule has 1 heterocycles. The van der Waals surface area contributed by atoms with Crippen molar-refractivity contribution in [3.63, 3.8) is 0 Å². The van der Waals surface area contributed by atoms with Gasteiger partial charge < -0.3 is 10.1 Å². The summed E-state index contributed by atoms with van der Waals surface area (Å²) < 4.78 is 5.08. The molecule has 25 heavy (non-hydrogen) atoms. The number of nitrogens with zero attached hydrogens (tertiary/aromatic N) is 2. The van der Waals surface area contributed by atoms with Crippen LogP contribution >= 0.6 is 11.6 Å². The minimum Gasteiger partial charge on any atom is -0.495 e. The fraction of sp³-hybridized carbons (Fsp3) is 0.167. The Balaban J connectivity index is 1.79. The molecular weight excluding hydrogens is 342 g/mol. The molecule has 0 saturated heterocycles. The number of anilines is 2. The number of rotatable bonds is 4. The lowest BCUT2D eigenvalue weighted by atomic mass is 10.1. The topological polar surface area (TPSA) is 71.0 Å². The van der Waals surface area contributed by atoms with Gasteiger partial charge in [-0.15, -0.1) is 0 Å². The lowest BCUT2D eigenvalue weighted by molar-refractivity contribution is -0.118. The van der Waals surface area contributed by atoms with Crippen molar-refractivity contribution in [2.24, 2.45) is 5.10 Å². The van der Waals surface area contributed by atoms with Crippen molar-refractivity contribution >= 4 is 40.5 Å². The lowest BCUT2D eigenvalue weighted by Gasteiger charge is -2.23. The summed E-state index contributed by atoms with van der Waals surface area (Å²) in [5.41, 5.74) is 1.45. The Labute approximate surface area is 150 Å². The lowest BCUT2D eigenvalue weighted by Crippen LogP contribution is -2.36. The molecule has 0 aromatic heterocycles. The molecule has 2 aromatic carbocycles. The van der Waals surface area contributed by atoms with Crippen molar-refractivity contribution in [1.29, 1.82) is 0 Å². The molecule has 2 amide bonds. The zero-order valence-electron chi connectivity index (χ0n) is 13.5. The molecule has 1 aliphatic heterocycles. The van der Waals surface area contributed by atoms with Gasteiger partial charge in [0.05, 0.1) is 17.8 Å². The van der Waals surface area contributed by atoms with Crippen LogP contribution in [0.4, 0.5) is 11.4 Å². The molecule has 0 saturated carbocycles. The van der Waals surface area contributed by atoms with Gasteiger partial charge in [0.15, 0.2) is 0 Å². The number of para-hydroxylation sites is 1. The number of benzene rings is 2. The molecule has 3 rings (SSSR count). The van der Waals surface area contributed by atoms with E-state index < -0.39 is 0 Å². The van der Waals surface area contributed by atoms with Gasteiger partial charge in [0.2, 0.25) is 5.91 Å². The van der Waals surface area contributed by atoms with Gasteiger partial charge in [0, 0.05) is 18.5 Å². The van der Waals surface area contributed by atoms with Crippen LogP contribution in [0.5, 0.6) is 5.75 Å². The van der Waals surface area contributed by atoms with Gasteiger partial charge >= 0.3 is 0 Å². The first-order valence-corrected chi connectivity index (χ1v) is 8.06. The van der Waals surface area contributed by atoms with Gasteiger partial charge in [-0.1, -0.05) is 29.8 Å². The Morgan fingerprint density at radius 3 is 2.64 bits per heavy atom. The van der Waals surface area contributed by atoms with E-state index in [1.165, 1.54) is 12.1 Å². The molecule has 0 spiro atoms. The highest BCUT2D eigenvalue weighted by Crippen LogP contribution is 2.27. The van der Waals surface area contributed by atoms with Crippen molar-refractivity contribution in [1.82, 2.24) is 0 Å². The molecule has 0 unspecified atom stereocenters. The van der Waals surface area contributed by atoms with Crippen LogP contribution in [0, 0.1) is 0 Å². The zero-order valence-corrected chi connectivity index (χ0v) is 14.3. The van der Waals surface area contributed by atoms with Crippen molar-refractivity contribution in [3.05, 3.63) is 53.6 Å². The number of amides is 2. The van der Waals surface area contributed by atoms with Gasteiger partial charge in [0.25, 0.3) is 5.91 Å². The minimum absolute atomic E-state index is 0.143. The predicted octanol–water partition coefficient (Wildman–Crippen LogP) is 3.47. The Hall–Kier alpha value is -2.86. The van der Waals surface area contributed by atoms with Gasteiger partial charge in [-0.25, -0.2) is 5.01 Å². The highest BCUT2D eigenvalue weighted by Gasteiger charge is 2.25. The quantitative estimate of drug-likeness (QED) is 0.910. The normalized spacial score (nSPS) is 14.1. The van der Waals surface area contributed by atoms with Gasteiger partial charge in [-0.2, -0.15) is 5.10 Å². The third-order valence-electron chi connectivity index (χ3n) is 3.71. The average molecular weight is 358 g/mol. The predicted molar refractivity (Wildman–Crippen MR) is 97.2 cm³/mol. The summed E-state index contributed by atoms with van der Waals surface area (Å²) in [5.74, 6) is 0.0143. The van der Waals surface area contributed by atoms with Crippen molar-refractivity contribution in [2.45, 2.75) is 12.8 Å². The third-order valence-corrected chi connectivity index (χ3v) is 4.00. The smallest absolute Gasteiger partial charge is 0.271 e. The Morgan fingerprint density at radius 2 is 1.96 bits per heavy atom. The maximum Gasteiger partial charge on any atom is 0.271 e. The van der Waals surface area contributed by atoms with Crippen LogP contribution in [0.25, 0.3) is 0 Å². The summed E-state index contributed by atoms with van der Waals surface area (Å²) in [6, 6.07) is 14.0. The highest BCUT2D eigenvalue weighted by atomic mass is 35.5. The van der Waals surface area contributed by atoms with E-state index in [1.807, 2.05) is 18.2 Å². The van der Waals surface area contributed by atoms with E-state index in [0.29, 0.717) is 22.1 Å². The number of carbonyl (C=O) groups excluding carboxylic acids is 2. The van der Waals surface area contributed by atoms with Crippen molar-refractivity contribution < 1.29 is 14.3 Å². The number of hydrogen-bond acceptors (Lipinski definition) is 4. The maximum atomic E-state index is 12.5. The summed E-state index contributed by atoms with van der Waals surface area (Å²) in [6.07, 6.45) is 0.516. The highest BCUT2D eigenvalue weighted by molar-refractivity contribution is 6.44. The summed E-state index contributed by atoms with van der Waals surface area (Å²) in [5, 5.41) is 8.62. The summed E-state index contributed by atoms with van der Waals surface area (Å²) in [4.78, 5) is 24.6. The van der Waals surface area contributed by atoms with E-state index in [-0.39, 0.29) is 30.4 Å². The Bertz CT molecular complexity index is 837. The van der Waals surface area contributed by atoms with Crippen LogP contribution in [0.15, 0.2) is 53.6 Å². The first-order chi connectivity index (χ1) is 12.1. The first kappa shape index (κ1) is 17.0. The van der Waals surface area contributed by atoms with Crippen LogP contribution in [0.1, 0.15) is 12.8 Å². The summed E-state index contributed by atoms with van der Waals surface area (Å²) >= 11 is 6.06. The number of halogens is 1. The number of ether oxygens (including phenoxy) is 1. The molecule has 1 N–H and O–H groups in total. The van der Waals surface area contributed by atoms with Crippen LogP contribution in [-0.2, 0) is 9.59 Å². The van der Waals surface area contributed by atoms with E-state index in [1.54, 1.807) is 30.3 Å². The van der Waals surface area contributed by atoms with Crippen LogP contribution in [-0.4, -0.2) is 24.6 Å². The standard InChI is InChI=1S/C18H16ClN3O3/c1-25-16-9-7-12(11-14(16)19)20-18(24)15-8-10-17(23)22(21-15)13-5-3-2-4-6-13/h2-7,9,11H,8,10H2,1H3,(H,20,24). The molecule has 2 aromatic rings. The van der Waals surface area contributed by atoms with Crippen molar-refractivity contribution in [2.75, 3.05) is 17.4 Å². The average Bonchev–Trinajstić information content (AvgIpc) is 2.63. The number of hydrogen-bond donors (Lipinski definition) is 1. The number of hydrazone groups is 1. The molecule has 0 radical (unpaired) electrons. The second-order valence-electron chi connectivity index (χ2n) is 5.39. The Kier molecular flexibility index (Phi) is 5.00. The second kappa shape index (κ2) is 7.36. The van der Waals surface area contributed by atoms with E-state index in [9.17, 15) is 9.59 Å². The molecule has 0 fully saturated rings. The summed E-state index contributed by atoms with van der Waals surface area (Å²) in [7, 11) is 1.52. The number of methoxy groups -OCH3 is 1. The van der Waals surface area contributed by atoms with E-state index in [0.717, 1.165) is 0 Å². The molecule has 128 valence electrons. The molecule has 6 nitrogen and oxygen atoms in total. The molecular formula is C18H16ClN3O3. The van der Waals surface area contributed by atoms with Gasteiger partial charge in [-0.3, -0.25) is 9.59 Å². The van der Waals surface area contributed by atoms with Crippen molar-refractivity contribution in [3.8, 4) is 5.75 Å². The SMILES string of the molecule is COc1ccc(NC(=O)C2=NN(c3ccccc3)C(=O)CC2)cc1Cl. The van der Waals surface area contributed by atoms with Gasteiger partial charge in [0.1, 0.15) is 11.5 Å². The maximum absolute atomic E-state index is 12.5. The zero-order chi connectivity index (χ0) is 17.8. The first-order valence-electron chi connectivity index (χ1n) is 7.69. The second-order valence-corrected chi connectivity index (χ2v) is 5.80. The molecule has 0 aliphatic carbocycles. The molecule has 0 atom stereocenters. The van der Waals surface area contributed by atoms with Gasteiger partial charge in [-0.05, 0) is 30.3 Å². The third kappa shape index (κ3) is 3.80. The van der Waals surface area contributed by atoms with E-state index in [2.05, 4.69) is 10.4 Å². The fourth-order valence-corrected chi connectivity index (χ4v) is 2.69. The molecule has 0 bridgehead atoms. The minimum atomic E-state index is -0.366. The van der Waals surface area contributed by atoms with Crippen LogP contribution in [0.2, 0.25) is 5.02 Å².